The summed E-state index contributed by atoms with van der Waals surface area (Å²) in [5.74, 6) is 1.23. The third-order valence-electron chi connectivity index (χ3n) is 3.93. The van der Waals surface area contributed by atoms with Crippen molar-refractivity contribution >= 4 is 67.9 Å². The van der Waals surface area contributed by atoms with E-state index in [1.165, 1.54) is 22.7 Å². The van der Waals surface area contributed by atoms with Gasteiger partial charge in [-0.15, -0.1) is 23.7 Å². The molecule has 0 N–H and O–H groups in total. The summed E-state index contributed by atoms with van der Waals surface area (Å²) in [6, 6.07) is 7.13. The van der Waals surface area contributed by atoms with Crippen molar-refractivity contribution in [1.82, 2.24) is 9.88 Å². The molecule has 0 aliphatic rings. The molecule has 28 heavy (non-hydrogen) atoms. The van der Waals surface area contributed by atoms with Crippen molar-refractivity contribution in [2.24, 2.45) is 0 Å². The van der Waals surface area contributed by atoms with Gasteiger partial charge in [0.2, 0.25) is 0 Å². The minimum Gasteiger partial charge on any atom is -0.495 e. The number of amides is 1. The Morgan fingerprint density at radius 1 is 1.07 bits per heavy atom. The van der Waals surface area contributed by atoms with Crippen LogP contribution in [0.5, 0.6) is 11.5 Å². The highest BCUT2D eigenvalue weighted by atomic mass is 35.5. The van der Waals surface area contributed by atoms with Gasteiger partial charge < -0.3 is 14.4 Å². The van der Waals surface area contributed by atoms with Crippen LogP contribution in [0.2, 0.25) is 4.34 Å². The molecular formula is C18H21Cl2N3O3S2. The lowest BCUT2D eigenvalue weighted by Crippen LogP contribution is -2.36. The Balaban J connectivity index is 0.00000280. The first-order valence-corrected chi connectivity index (χ1v) is 10.2. The summed E-state index contributed by atoms with van der Waals surface area (Å²) in [6.07, 6.45) is 0. The van der Waals surface area contributed by atoms with Crippen LogP contribution in [0.3, 0.4) is 0 Å². The second kappa shape index (κ2) is 9.76. The van der Waals surface area contributed by atoms with Crippen molar-refractivity contribution in [3.63, 3.8) is 0 Å². The number of anilines is 1. The molecule has 1 aromatic carbocycles. The van der Waals surface area contributed by atoms with Crippen LogP contribution in [0.15, 0.2) is 24.3 Å². The van der Waals surface area contributed by atoms with Gasteiger partial charge in [0.05, 0.1) is 23.4 Å². The van der Waals surface area contributed by atoms with Crippen LogP contribution in [0.25, 0.3) is 10.2 Å². The van der Waals surface area contributed by atoms with E-state index in [0.717, 1.165) is 4.70 Å². The highest BCUT2D eigenvalue weighted by Crippen LogP contribution is 2.40. The van der Waals surface area contributed by atoms with E-state index < -0.39 is 0 Å². The first-order valence-electron chi connectivity index (χ1n) is 8.18. The standard InChI is InChI=1S/C18H20ClN3O3S2.ClH/c1-21(2)9-10-22(17(23)13-7-8-14(19)26-13)18-20-15-11(24-3)5-6-12(25-4)16(15)27-18;/h5-8H,9-10H2,1-4H3;1H. The van der Waals surface area contributed by atoms with Gasteiger partial charge in [-0.2, -0.15) is 0 Å². The SMILES string of the molecule is COc1ccc(OC)c2sc(N(CCN(C)C)C(=O)c3ccc(Cl)s3)nc12.Cl. The molecule has 1 amide bonds. The molecule has 0 bridgehead atoms. The van der Waals surface area contributed by atoms with E-state index in [1.54, 1.807) is 31.3 Å². The van der Waals surface area contributed by atoms with Crippen molar-refractivity contribution in [3.05, 3.63) is 33.5 Å². The minimum absolute atomic E-state index is 0. The number of aromatic nitrogens is 1. The summed E-state index contributed by atoms with van der Waals surface area (Å²) in [5, 5.41) is 0.601. The van der Waals surface area contributed by atoms with Crippen LogP contribution in [0.4, 0.5) is 5.13 Å². The number of halogens is 2. The van der Waals surface area contributed by atoms with Gasteiger partial charge in [0.1, 0.15) is 21.7 Å². The molecule has 152 valence electrons. The molecule has 0 aliphatic carbocycles. The fourth-order valence-corrected chi connectivity index (χ4v) is 4.63. The molecule has 3 aromatic rings. The Labute approximate surface area is 183 Å². The lowest BCUT2D eigenvalue weighted by Gasteiger charge is -2.21. The van der Waals surface area contributed by atoms with E-state index >= 15 is 0 Å². The van der Waals surface area contributed by atoms with Gasteiger partial charge in [0, 0.05) is 13.1 Å². The van der Waals surface area contributed by atoms with Gasteiger partial charge in [-0.3, -0.25) is 9.69 Å². The minimum atomic E-state index is -0.120. The number of likely N-dealkylation sites (N-methyl/N-ethyl adjacent to an activating group) is 1. The summed E-state index contributed by atoms with van der Waals surface area (Å²) in [7, 11) is 7.15. The summed E-state index contributed by atoms with van der Waals surface area (Å²) in [5.41, 5.74) is 0.684. The molecular weight excluding hydrogens is 441 g/mol. The third-order valence-corrected chi connectivity index (χ3v) is 6.24. The molecule has 0 radical (unpaired) electrons. The molecule has 0 saturated carbocycles. The van der Waals surface area contributed by atoms with E-state index in [9.17, 15) is 4.79 Å². The maximum atomic E-state index is 13.1. The van der Waals surface area contributed by atoms with Crippen molar-refractivity contribution in [1.29, 1.82) is 0 Å². The lowest BCUT2D eigenvalue weighted by molar-refractivity contribution is 0.0989. The molecule has 3 rings (SSSR count). The number of carbonyl (C=O) groups excluding carboxylic acids is 1. The molecule has 10 heteroatoms. The largest absolute Gasteiger partial charge is 0.495 e. The summed E-state index contributed by atoms with van der Waals surface area (Å²) in [6.45, 7) is 1.21. The number of rotatable bonds is 7. The number of hydrogen-bond acceptors (Lipinski definition) is 7. The van der Waals surface area contributed by atoms with Crippen molar-refractivity contribution in [2.45, 2.75) is 0 Å². The van der Waals surface area contributed by atoms with Gasteiger partial charge in [0.15, 0.2) is 5.13 Å². The molecule has 6 nitrogen and oxygen atoms in total. The zero-order valence-electron chi connectivity index (χ0n) is 15.9. The number of carbonyl (C=O) groups is 1. The second-order valence-electron chi connectivity index (χ2n) is 6.01. The van der Waals surface area contributed by atoms with E-state index in [4.69, 9.17) is 26.1 Å². The topological polar surface area (TPSA) is 54.9 Å². The number of thiophene rings is 1. The fraction of sp³-hybridized carbons (Fsp3) is 0.333. The van der Waals surface area contributed by atoms with E-state index in [1.807, 2.05) is 31.1 Å². The maximum absolute atomic E-state index is 13.1. The number of hydrogen-bond donors (Lipinski definition) is 0. The average Bonchev–Trinajstić information content (AvgIpc) is 3.27. The number of benzene rings is 1. The highest BCUT2D eigenvalue weighted by molar-refractivity contribution is 7.23. The number of nitrogens with zero attached hydrogens (tertiary/aromatic N) is 3. The zero-order chi connectivity index (χ0) is 19.6. The fourth-order valence-electron chi connectivity index (χ4n) is 2.54. The van der Waals surface area contributed by atoms with Crippen LogP contribution in [0, 0.1) is 0 Å². The van der Waals surface area contributed by atoms with Gasteiger partial charge in [-0.1, -0.05) is 22.9 Å². The number of methoxy groups -OCH3 is 2. The van der Waals surface area contributed by atoms with Crippen LogP contribution in [-0.2, 0) is 0 Å². The van der Waals surface area contributed by atoms with Gasteiger partial charge in [-0.25, -0.2) is 4.98 Å². The summed E-state index contributed by atoms with van der Waals surface area (Å²) >= 11 is 8.69. The first-order chi connectivity index (χ1) is 12.9. The molecule has 0 fully saturated rings. The summed E-state index contributed by atoms with van der Waals surface area (Å²) in [4.78, 5) is 22.1. The second-order valence-corrected chi connectivity index (χ2v) is 8.70. The number of ether oxygens (including phenoxy) is 2. The predicted octanol–water partition coefficient (Wildman–Crippen LogP) is 4.66. The Hall–Kier alpha value is -1.58. The van der Waals surface area contributed by atoms with E-state index in [0.29, 0.717) is 44.5 Å². The molecule has 0 unspecified atom stereocenters. The van der Waals surface area contributed by atoms with Crippen molar-refractivity contribution in [3.8, 4) is 11.5 Å². The van der Waals surface area contributed by atoms with Crippen LogP contribution >= 0.6 is 46.7 Å². The lowest BCUT2D eigenvalue weighted by atomic mass is 10.3. The predicted molar refractivity (Wildman–Crippen MR) is 120 cm³/mol. The van der Waals surface area contributed by atoms with Gasteiger partial charge in [-0.05, 0) is 38.4 Å². The van der Waals surface area contributed by atoms with Gasteiger partial charge >= 0.3 is 0 Å². The zero-order valence-corrected chi connectivity index (χ0v) is 19.1. The molecule has 0 aliphatic heterocycles. The molecule has 0 atom stereocenters. The molecule has 2 aromatic heterocycles. The van der Waals surface area contributed by atoms with Crippen LogP contribution in [-0.4, -0.2) is 57.2 Å². The molecule has 0 saturated heterocycles. The maximum Gasteiger partial charge on any atom is 0.270 e. The monoisotopic (exact) mass is 461 g/mol. The Morgan fingerprint density at radius 2 is 1.75 bits per heavy atom. The Kier molecular flexibility index (Phi) is 7.91. The van der Waals surface area contributed by atoms with E-state index in [2.05, 4.69) is 0 Å². The Morgan fingerprint density at radius 3 is 2.32 bits per heavy atom. The normalized spacial score (nSPS) is 10.8. The smallest absolute Gasteiger partial charge is 0.270 e. The third kappa shape index (κ3) is 4.69. The van der Waals surface area contributed by atoms with Crippen LogP contribution < -0.4 is 14.4 Å². The summed E-state index contributed by atoms with van der Waals surface area (Å²) < 4.78 is 12.3. The van der Waals surface area contributed by atoms with Crippen molar-refractivity contribution < 1.29 is 14.3 Å². The number of fused-ring (bicyclic) bond motifs is 1. The average molecular weight is 462 g/mol. The highest BCUT2D eigenvalue weighted by Gasteiger charge is 2.24. The van der Waals surface area contributed by atoms with E-state index in [-0.39, 0.29) is 18.3 Å². The Bertz CT molecular complexity index is 918. The quantitative estimate of drug-likeness (QED) is 0.511. The van der Waals surface area contributed by atoms with Crippen molar-refractivity contribution in [2.75, 3.05) is 46.3 Å². The molecule has 2 heterocycles. The van der Waals surface area contributed by atoms with Gasteiger partial charge in [0.25, 0.3) is 5.91 Å². The first kappa shape index (κ1) is 22.7. The van der Waals surface area contributed by atoms with Crippen LogP contribution in [0.1, 0.15) is 9.67 Å². The number of thiazole rings is 1. The molecule has 0 spiro atoms.